The van der Waals surface area contributed by atoms with Gasteiger partial charge in [0.15, 0.2) is 0 Å². The smallest absolute Gasteiger partial charge is 0.254 e. The fourth-order valence-electron chi connectivity index (χ4n) is 2.16. The number of nitrogens with zero attached hydrogens (tertiary/aromatic N) is 1. The molecule has 5 heteroatoms. The molecule has 0 saturated carbocycles. The molecule has 0 saturated heterocycles. The number of methoxy groups -OCH3 is 2. The zero-order valence-electron chi connectivity index (χ0n) is 11.9. The number of hydrogen-bond acceptors (Lipinski definition) is 3. The number of aromatic nitrogens is 1. The molecule has 0 bridgehead atoms. The lowest BCUT2D eigenvalue weighted by molar-refractivity contribution is 0.0629. The minimum atomic E-state index is 0.00398. The predicted octanol–water partition coefficient (Wildman–Crippen LogP) is 1.90. The lowest BCUT2D eigenvalue weighted by Crippen LogP contribution is -2.36. The molecule has 1 amide bonds. The number of carbonyl (C=O) groups is 1. The van der Waals surface area contributed by atoms with E-state index in [0.717, 1.165) is 10.9 Å². The summed E-state index contributed by atoms with van der Waals surface area (Å²) in [7, 11) is 3.26. The molecular weight excluding hydrogens is 256 g/mol. The number of rotatable bonds is 7. The summed E-state index contributed by atoms with van der Waals surface area (Å²) in [4.78, 5) is 17.5. The molecule has 0 aliphatic heterocycles. The topological polar surface area (TPSA) is 54.6 Å². The molecular formula is C15H20N2O3. The van der Waals surface area contributed by atoms with Gasteiger partial charge >= 0.3 is 0 Å². The number of nitrogens with one attached hydrogen (secondary N) is 1. The van der Waals surface area contributed by atoms with Gasteiger partial charge in [-0.1, -0.05) is 6.07 Å². The first-order valence-corrected chi connectivity index (χ1v) is 6.61. The lowest BCUT2D eigenvalue weighted by atomic mass is 10.1. The van der Waals surface area contributed by atoms with Gasteiger partial charge in [0.2, 0.25) is 0 Å². The molecule has 2 aromatic rings. The Morgan fingerprint density at radius 2 is 1.85 bits per heavy atom. The molecule has 0 fully saturated rings. The molecule has 1 heterocycles. The number of amides is 1. The normalized spacial score (nSPS) is 10.9. The number of H-pyrrole nitrogens is 1. The van der Waals surface area contributed by atoms with E-state index in [1.165, 1.54) is 0 Å². The molecule has 5 nitrogen and oxygen atoms in total. The second-order valence-corrected chi connectivity index (χ2v) is 4.52. The molecule has 1 N–H and O–H groups in total. The minimum absolute atomic E-state index is 0.00398. The fraction of sp³-hybridized carbons (Fsp3) is 0.400. The third kappa shape index (κ3) is 3.18. The van der Waals surface area contributed by atoms with Crippen LogP contribution in [0.1, 0.15) is 10.4 Å². The van der Waals surface area contributed by atoms with Crippen molar-refractivity contribution in [3.05, 3.63) is 36.0 Å². The Bertz CT molecular complexity index is 557. The monoisotopic (exact) mass is 276 g/mol. The molecule has 0 radical (unpaired) electrons. The molecule has 20 heavy (non-hydrogen) atoms. The number of benzene rings is 1. The summed E-state index contributed by atoms with van der Waals surface area (Å²) in [6.45, 7) is 2.14. The van der Waals surface area contributed by atoms with E-state index in [2.05, 4.69) is 4.98 Å². The van der Waals surface area contributed by atoms with Gasteiger partial charge in [0, 0.05) is 50.0 Å². The molecule has 0 aliphatic rings. The van der Waals surface area contributed by atoms with Gasteiger partial charge in [-0.15, -0.1) is 0 Å². The van der Waals surface area contributed by atoms with E-state index in [1.54, 1.807) is 19.1 Å². The average Bonchev–Trinajstić information content (AvgIpc) is 2.95. The van der Waals surface area contributed by atoms with E-state index in [9.17, 15) is 4.79 Å². The minimum Gasteiger partial charge on any atom is -0.383 e. The lowest BCUT2D eigenvalue weighted by Gasteiger charge is -2.22. The molecule has 1 aromatic carbocycles. The Balaban J connectivity index is 2.23. The molecule has 0 spiro atoms. The van der Waals surface area contributed by atoms with Crippen LogP contribution >= 0.6 is 0 Å². The third-order valence-corrected chi connectivity index (χ3v) is 3.24. The van der Waals surface area contributed by atoms with E-state index in [0.29, 0.717) is 31.9 Å². The summed E-state index contributed by atoms with van der Waals surface area (Å²) < 4.78 is 10.1. The van der Waals surface area contributed by atoms with Crippen LogP contribution in [0.3, 0.4) is 0 Å². The van der Waals surface area contributed by atoms with E-state index in [4.69, 9.17) is 9.47 Å². The maximum Gasteiger partial charge on any atom is 0.254 e. The van der Waals surface area contributed by atoms with E-state index in [1.807, 2.05) is 30.5 Å². The van der Waals surface area contributed by atoms with Crippen LogP contribution in [0.2, 0.25) is 0 Å². The van der Waals surface area contributed by atoms with Gasteiger partial charge < -0.3 is 19.4 Å². The van der Waals surface area contributed by atoms with Crippen molar-refractivity contribution in [1.82, 2.24) is 9.88 Å². The van der Waals surface area contributed by atoms with Crippen LogP contribution < -0.4 is 0 Å². The van der Waals surface area contributed by atoms with Gasteiger partial charge in [0.05, 0.1) is 13.2 Å². The van der Waals surface area contributed by atoms with Crippen LogP contribution in [0.5, 0.6) is 0 Å². The van der Waals surface area contributed by atoms with Crippen LogP contribution in [0.4, 0.5) is 0 Å². The Labute approximate surface area is 118 Å². The largest absolute Gasteiger partial charge is 0.383 e. The molecule has 0 atom stereocenters. The molecule has 1 aromatic heterocycles. The fourth-order valence-corrected chi connectivity index (χ4v) is 2.16. The second kappa shape index (κ2) is 7.07. The molecule has 0 unspecified atom stereocenters. The summed E-state index contributed by atoms with van der Waals surface area (Å²) in [5, 5.41) is 0.942. The molecule has 2 rings (SSSR count). The third-order valence-electron chi connectivity index (χ3n) is 3.24. The van der Waals surface area contributed by atoms with Gasteiger partial charge in [0.1, 0.15) is 0 Å². The first-order chi connectivity index (χ1) is 9.77. The van der Waals surface area contributed by atoms with Crippen molar-refractivity contribution >= 4 is 16.8 Å². The number of fused-ring (bicyclic) bond motifs is 1. The van der Waals surface area contributed by atoms with Gasteiger partial charge in [-0.2, -0.15) is 0 Å². The SMILES string of the molecule is COCCN(CCOC)C(=O)c1cccc2[nH]ccc12. The standard InChI is InChI=1S/C15H20N2O3/c1-19-10-8-17(9-11-20-2)15(18)13-4-3-5-14-12(13)6-7-16-14/h3-7,16H,8-11H2,1-2H3. The van der Waals surface area contributed by atoms with Gasteiger partial charge in [0.25, 0.3) is 5.91 Å². The highest BCUT2D eigenvalue weighted by molar-refractivity contribution is 6.06. The van der Waals surface area contributed by atoms with E-state index >= 15 is 0 Å². The first-order valence-electron chi connectivity index (χ1n) is 6.61. The van der Waals surface area contributed by atoms with Crippen LogP contribution in [0.25, 0.3) is 10.9 Å². The highest BCUT2D eigenvalue weighted by Crippen LogP contribution is 2.19. The van der Waals surface area contributed by atoms with Crippen molar-refractivity contribution in [3.63, 3.8) is 0 Å². The quantitative estimate of drug-likeness (QED) is 0.840. The summed E-state index contributed by atoms with van der Waals surface area (Å²) in [6.07, 6.45) is 1.84. The van der Waals surface area contributed by atoms with Crippen LogP contribution in [0, 0.1) is 0 Å². The average molecular weight is 276 g/mol. The van der Waals surface area contributed by atoms with Crippen molar-refractivity contribution in [2.75, 3.05) is 40.5 Å². The van der Waals surface area contributed by atoms with Crippen molar-refractivity contribution in [3.8, 4) is 0 Å². The molecule has 108 valence electrons. The first kappa shape index (κ1) is 14.6. The number of hydrogen-bond donors (Lipinski definition) is 1. The van der Waals surface area contributed by atoms with Gasteiger partial charge in [-0.3, -0.25) is 4.79 Å². The van der Waals surface area contributed by atoms with E-state index < -0.39 is 0 Å². The second-order valence-electron chi connectivity index (χ2n) is 4.52. The summed E-state index contributed by atoms with van der Waals surface area (Å²) in [5.74, 6) is 0.00398. The zero-order valence-corrected chi connectivity index (χ0v) is 11.9. The Morgan fingerprint density at radius 3 is 2.50 bits per heavy atom. The maximum absolute atomic E-state index is 12.7. The maximum atomic E-state index is 12.7. The number of ether oxygens (including phenoxy) is 2. The van der Waals surface area contributed by atoms with Gasteiger partial charge in [-0.05, 0) is 18.2 Å². The highest BCUT2D eigenvalue weighted by atomic mass is 16.5. The Morgan fingerprint density at radius 1 is 1.15 bits per heavy atom. The van der Waals surface area contributed by atoms with Crippen LogP contribution in [-0.4, -0.2) is 56.3 Å². The van der Waals surface area contributed by atoms with Gasteiger partial charge in [-0.25, -0.2) is 0 Å². The van der Waals surface area contributed by atoms with Crippen LogP contribution in [-0.2, 0) is 9.47 Å². The van der Waals surface area contributed by atoms with Crippen molar-refractivity contribution in [2.24, 2.45) is 0 Å². The van der Waals surface area contributed by atoms with Crippen LogP contribution in [0.15, 0.2) is 30.5 Å². The Hall–Kier alpha value is -1.85. The van der Waals surface area contributed by atoms with Crippen molar-refractivity contribution in [1.29, 1.82) is 0 Å². The Kier molecular flexibility index (Phi) is 5.15. The zero-order chi connectivity index (χ0) is 14.4. The highest BCUT2D eigenvalue weighted by Gasteiger charge is 2.17. The van der Waals surface area contributed by atoms with Crippen molar-refractivity contribution < 1.29 is 14.3 Å². The number of aromatic amines is 1. The van der Waals surface area contributed by atoms with E-state index in [-0.39, 0.29) is 5.91 Å². The summed E-state index contributed by atoms with van der Waals surface area (Å²) >= 11 is 0. The molecule has 0 aliphatic carbocycles. The van der Waals surface area contributed by atoms with Crippen molar-refractivity contribution in [2.45, 2.75) is 0 Å². The number of carbonyl (C=O) groups excluding carboxylic acids is 1. The summed E-state index contributed by atoms with van der Waals surface area (Å²) in [6, 6.07) is 7.62. The summed E-state index contributed by atoms with van der Waals surface area (Å²) in [5.41, 5.74) is 1.67. The predicted molar refractivity (Wildman–Crippen MR) is 78.0 cm³/mol.